The van der Waals surface area contributed by atoms with Gasteiger partial charge in [-0.25, -0.2) is 4.79 Å². The topological polar surface area (TPSA) is 63.6 Å². The number of carboxylic acid groups (broad SMARTS) is 1. The standard InChI is InChI=1S/C12H12O4/c1-9(13)16-8-11(12(14)15)7-10-5-3-2-4-6-10/h2-7H,8H2,1H3,(H,14,15). The van der Waals surface area contributed by atoms with Gasteiger partial charge in [-0.3, -0.25) is 4.79 Å². The molecule has 1 aromatic rings. The maximum absolute atomic E-state index is 10.9. The number of carbonyl (C=O) groups is 2. The molecule has 0 amide bonds. The molecule has 1 N–H and O–H groups in total. The van der Waals surface area contributed by atoms with E-state index in [0.717, 1.165) is 5.56 Å². The quantitative estimate of drug-likeness (QED) is 0.619. The molecule has 0 heterocycles. The third kappa shape index (κ3) is 3.96. The summed E-state index contributed by atoms with van der Waals surface area (Å²) in [4.78, 5) is 21.4. The SMILES string of the molecule is CC(=O)OCC(=Cc1ccccc1)C(=O)O. The Morgan fingerprint density at radius 3 is 2.44 bits per heavy atom. The first kappa shape index (κ1) is 12.0. The van der Waals surface area contributed by atoms with Crippen molar-refractivity contribution in [3.8, 4) is 0 Å². The summed E-state index contributed by atoms with van der Waals surface area (Å²) in [5.74, 6) is -1.59. The monoisotopic (exact) mass is 220 g/mol. The van der Waals surface area contributed by atoms with Crippen molar-refractivity contribution in [1.29, 1.82) is 0 Å². The fourth-order valence-corrected chi connectivity index (χ4v) is 1.09. The second-order valence-corrected chi connectivity index (χ2v) is 3.17. The lowest BCUT2D eigenvalue weighted by Gasteiger charge is -2.03. The van der Waals surface area contributed by atoms with Crippen molar-refractivity contribution in [3.63, 3.8) is 0 Å². The molecular weight excluding hydrogens is 208 g/mol. The average molecular weight is 220 g/mol. The molecule has 0 aliphatic carbocycles. The minimum absolute atomic E-state index is 0.0430. The molecule has 0 aliphatic heterocycles. The van der Waals surface area contributed by atoms with E-state index in [4.69, 9.17) is 5.11 Å². The van der Waals surface area contributed by atoms with Crippen LogP contribution in [0.4, 0.5) is 0 Å². The van der Waals surface area contributed by atoms with Crippen molar-refractivity contribution in [2.75, 3.05) is 6.61 Å². The second kappa shape index (κ2) is 5.70. The van der Waals surface area contributed by atoms with Crippen molar-refractivity contribution in [2.45, 2.75) is 6.92 Å². The van der Waals surface area contributed by atoms with E-state index in [9.17, 15) is 9.59 Å². The maximum Gasteiger partial charge on any atom is 0.335 e. The first-order valence-corrected chi connectivity index (χ1v) is 4.72. The Bertz CT molecular complexity index is 406. The summed E-state index contributed by atoms with van der Waals surface area (Å²) in [5, 5.41) is 8.89. The van der Waals surface area contributed by atoms with Crippen LogP contribution in [0, 0.1) is 0 Å². The zero-order chi connectivity index (χ0) is 12.0. The van der Waals surface area contributed by atoms with Gasteiger partial charge in [0.2, 0.25) is 0 Å². The molecule has 0 aromatic heterocycles. The Hall–Kier alpha value is -2.10. The summed E-state index contributed by atoms with van der Waals surface area (Å²) in [5.41, 5.74) is 0.799. The Morgan fingerprint density at radius 2 is 1.94 bits per heavy atom. The number of rotatable bonds is 4. The highest BCUT2D eigenvalue weighted by Crippen LogP contribution is 2.07. The maximum atomic E-state index is 10.9. The molecule has 4 nitrogen and oxygen atoms in total. The van der Waals surface area contributed by atoms with Gasteiger partial charge in [0.25, 0.3) is 0 Å². The minimum Gasteiger partial charge on any atom is -0.478 e. The van der Waals surface area contributed by atoms with Crippen LogP contribution in [0.3, 0.4) is 0 Å². The molecule has 1 rings (SSSR count). The highest BCUT2D eigenvalue weighted by molar-refractivity contribution is 5.92. The fraction of sp³-hybridized carbons (Fsp3) is 0.167. The lowest BCUT2D eigenvalue weighted by atomic mass is 10.1. The normalized spacial score (nSPS) is 10.9. The molecule has 0 unspecified atom stereocenters. The zero-order valence-corrected chi connectivity index (χ0v) is 8.84. The van der Waals surface area contributed by atoms with Crippen LogP contribution in [0.1, 0.15) is 12.5 Å². The Kier molecular flexibility index (Phi) is 4.27. The highest BCUT2D eigenvalue weighted by Gasteiger charge is 2.08. The fourth-order valence-electron chi connectivity index (χ4n) is 1.09. The van der Waals surface area contributed by atoms with E-state index in [2.05, 4.69) is 4.74 Å². The molecule has 84 valence electrons. The predicted molar refractivity (Wildman–Crippen MR) is 58.7 cm³/mol. The van der Waals surface area contributed by atoms with Gasteiger partial charge in [0, 0.05) is 6.92 Å². The molecule has 0 saturated carbocycles. The highest BCUT2D eigenvalue weighted by atomic mass is 16.5. The van der Waals surface area contributed by atoms with Gasteiger partial charge in [-0.15, -0.1) is 0 Å². The van der Waals surface area contributed by atoms with Gasteiger partial charge in [-0.05, 0) is 11.6 Å². The van der Waals surface area contributed by atoms with Gasteiger partial charge in [0.05, 0.1) is 5.57 Å². The third-order valence-electron chi connectivity index (χ3n) is 1.85. The Balaban J connectivity index is 2.81. The summed E-state index contributed by atoms with van der Waals surface area (Å²) in [6.45, 7) is 1.02. The number of esters is 1. The number of ether oxygens (including phenoxy) is 1. The molecular formula is C12H12O4. The van der Waals surface area contributed by atoms with Crippen LogP contribution in [-0.4, -0.2) is 23.7 Å². The molecule has 0 spiro atoms. The minimum atomic E-state index is -1.09. The predicted octanol–water partition coefficient (Wildman–Crippen LogP) is 1.72. The van der Waals surface area contributed by atoms with Crippen molar-refractivity contribution in [1.82, 2.24) is 0 Å². The van der Waals surface area contributed by atoms with E-state index in [-0.39, 0.29) is 12.2 Å². The lowest BCUT2D eigenvalue weighted by molar-refractivity contribution is -0.141. The second-order valence-electron chi connectivity index (χ2n) is 3.17. The number of aliphatic carboxylic acids is 1. The molecule has 0 radical (unpaired) electrons. The van der Waals surface area contributed by atoms with Crippen LogP contribution in [0.25, 0.3) is 6.08 Å². The number of hydrogen-bond donors (Lipinski definition) is 1. The van der Waals surface area contributed by atoms with Crippen molar-refractivity contribution in [3.05, 3.63) is 41.5 Å². The first-order valence-electron chi connectivity index (χ1n) is 4.72. The van der Waals surface area contributed by atoms with Gasteiger partial charge in [-0.2, -0.15) is 0 Å². The van der Waals surface area contributed by atoms with Crippen LogP contribution in [0.5, 0.6) is 0 Å². The van der Waals surface area contributed by atoms with Crippen LogP contribution in [0.2, 0.25) is 0 Å². The van der Waals surface area contributed by atoms with Crippen LogP contribution >= 0.6 is 0 Å². The molecule has 16 heavy (non-hydrogen) atoms. The lowest BCUT2D eigenvalue weighted by Crippen LogP contribution is -2.10. The zero-order valence-electron chi connectivity index (χ0n) is 8.84. The molecule has 4 heteroatoms. The number of benzene rings is 1. The number of carbonyl (C=O) groups excluding carboxylic acids is 1. The molecule has 0 bridgehead atoms. The number of carboxylic acids is 1. The molecule has 0 atom stereocenters. The summed E-state index contributed by atoms with van der Waals surface area (Å²) < 4.78 is 4.65. The van der Waals surface area contributed by atoms with Gasteiger partial charge in [0.15, 0.2) is 0 Å². The van der Waals surface area contributed by atoms with Gasteiger partial charge in [-0.1, -0.05) is 30.3 Å². The van der Waals surface area contributed by atoms with Gasteiger partial charge in [0.1, 0.15) is 6.61 Å². The number of hydrogen-bond acceptors (Lipinski definition) is 3. The van der Waals surface area contributed by atoms with Crippen molar-refractivity contribution >= 4 is 18.0 Å². The van der Waals surface area contributed by atoms with Crippen molar-refractivity contribution in [2.24, 2.45) is 0 Å². The smallest absolute Gasteiger partial charge is 0.335 e. The Morgan fingerprint density at radius 1 is 1.31 bits per heavy atom. The van der Waals surface area contributed by atoms with Gasteiger partial charge >= 0.3 is 11.9 Å². The van der Waals surface area contributed by atoms with Crippen LogP contribution < -0.4 is 0 Å². The molecule has 1 aromatic carbocycles. The van der Waals surface area contributed by atoms with Crippen LogP contribution in [-0.2, 0) is 14.3 Å². The van der Waals surface area contributed by atoms with E-state index in [1.54, 1.807) is 24.3 Å². The third-order valence-corrected chi connectivity index (χ3v) is 1.85. The molecule has 0 saturated heterocycles. The average Bonchev–Trinajstić information content (AvgIpc) is 2.25. The van der Waals surface area contributed by atoms with E-state index in [1.165, 1.54) is 13.0 Å². The van der Waals surface area contributed by atoms with E-state index in [0.29, 0.717) is 0 Å². The summed E-state index contributed by atoms with van der Waals surface area (Å²) in [6, 6.07) is 8.99. The van der Waals surface area contributed by atoms with E-state index >= 15 is 0 Å². The largest absolute Gasteiger partial charge is 0.478 e. The molecule has 0 fully saturated rings. The van der Waals surface area contributed by atoms with Crippen molar-refractivity contribution < 1.29 is 19.4 Å². The Labute approximate surface area is 93.2 Å². The van der Waals surface area contributed by atoms with Crippen LogP contribution in [0.15, 0.2) is 35.9 Å². The summed E-state index contributed by atoms with van der Waals surface area (Å²) >= 11 is 0. The summed E-state index contributed by atoms with van der Waals surface area (Å²) in [7, 11) is 0. The van der Waals surface area contributed by atoms with E-state index in [1.807, 2.05) is 6.07 Å². The first-order chi connectivity index (χ1) is 7.59. The van der Waals surface area contributed by atoms with Gasteiger partial charge < -0.3 is 9.84 Å². The van der Waals surface area contributed by atoms with E-state index < -0.39 is 11.9 Å². The summed E-state index contributed by atoms with van der Waals surface area (Å²) in [6.07, 6.45) is 1.48. The molecule has 0 aliphatic rings.